The Morgan fingerprint density at radius 3 is 2.44 bits per heavy atom. The fraction of sp³-hybridized carbons (Fsp3) is 0.364. The maximum absolute atomic E-state index is 13.5. The predicted octanol–water partition coefficient (Wildman–Crippen LogP) is 1.89. The number of nitrogens with two attached hydrogens (primary N) is 1. The summed E-state index contributed by atoms with van der Waals surface area (Å²) in [6, 6.07) is 2.18. The number of hydrogen-bond donors (Lipinski definition) is 2. The van der Waals surface area contributed by atoms with Gasteiger partial charge >= 0.3 is 0 Å². The van der Waals surface area contributed by atoms with Crippen molar-refractivity contribution in [3.63, 3.8) is 0 Å². The van der Waals surface area contributed by atoms with Crippen LogP contribution in [0, 0.1) is 18.6 Å². The molecule has 0 aliphatic rings. The Bertz CT molecular complexity index is 414. The normalized spacial score (nSPS) is 12.1. The van der Waals surface area contributed by atoms with Gasteiger partial charge in [-0.25, -0.2) is 14.6 Å². The first-order valence-corrected chi connectivity index (χ1v) is 4.96. The van der Waals surface area contributed by atoms with E-state index in [0.29, 0.717) is 5.56 Å². The SMILES string of the molecule is Cc1cc(C(=NC(C)C)NN)c(F)cc1F. The van der Waals surface area contributed by atoms with Crippen LogP contribution < -0.4 is 11.3 Å². The maximum atomic E-state index is 13.5. The number of nitrogens with one attached hydrogen (secondary N) is 1. The monoisotopic (exact) mass is 227 g/mol. The van der Waals surface area contributed by atoms with Gasteiger partial charge in [-0.3, -0.25) is 4.99 Å². The van der Waals surface area contributed by atoms with Crippen LogP contribution in [0.3, 0.4) is 0 Å². The van der Waals surface area contributed by atoms with Gasteiger partial charge in [0, 0.05) is 12.1 Å². The molecule has 0 spiro atoms. The van der Waals surface area contributed by atoms with Crippen molar-refractivity contribution < 1.29 is 8.78 Å². The van der Waals surface area contributed by atoms with Crippen LogP contribution in [-0.4, -0.2) is 11.9 Å². The fourth-order valence-electron chi connectivity index (χ4n) is 1.28. The topological polar surface area (TPSA) is 50.4 Å². The molecule has 0 saturated heterocycles. The van der Waals surface area contributed by atoms with Crippen molar-refractivity contribution in [2.45, 2.75) is 26.8 Å². The van der Waals surface area contributed by atoms with E-state index >= 15 is 0 Å². The van der Waals surface area contributed by atoms with E-state index in [1.165, 1.54) is 6.07 Å². The predicted molar refractivity (Wildman–Crippen MR) is 60.1 cm³/mol. The summed E-state index contributed by atoms with van der Waals surface area (Å²) in [6.07, 6.45) is 0. The molecule has 0 saturated carbocycles. The molecular weight excluding hydrogens is 212 g/mol. The zero-order valence-electron chi connectivity index (χ0n) is 9.51. The highest BCUT2D eigenvalue weighted by Gasteiger charge is 2.12. The summed E-state index contributed by atoms with van der Waals surface area (Å²) in [5, 5.41) is 0. The Labute approximate surface area is 93.3 Å². The van der Waals surface area contributed by atoms with Gasteiger partial charge in [-0.05, 0) is 32.4 Å². The van der Waals surface area contributed by atoms with Gasteiger partial charge in [-0.15, -0.1) is 0 Å². The van der Waals surface area contributed by atoms with Gasteiger partial charge in [-0.1, -0.05) is 0 Å². The molecule has 5 heteroatoms. The van der Waals surface area contributed by atoms with Crippen molar-refractivity contribution in [2.75, 3.05) is 0 Å². The highest BCUT2D eigenvalue weighted by atomic mass is 19.1. The van der Waals surface area contributed by atoms with Crippen LogP contribution in [0.2, 0.25) is 0 Å². The van der Waals surface area contributed by atoms with E-state index in [-0.39, 0.29) is 17.4 Å². The second-order valence-corrected chi connectivity index (χ2v) is 3.80. The third kappa shape index (κ3) is 2.76. The van der Waals surface area contributed by atoms with E-state index < -0.39 is 11.6 Å². The van der Waals surface area contributed by atoms with Crippen molar-refractivity contribution in [1.82, 2.24) is 5.43 Å². The van der Waals surface area contributed by atoms with Crippen molar-refractivity contribution in [3.8, 4) is 0 Å². The summed E-state index contributed by atoms with van der Waals surface area (Å²) in [7, 11) is 0. The average Bonchev–Trinajstić information content (AvgIpc) is 2.20. The average molecular weight is 227 g/mol. The van der Waals surface area contributed by atoms with E-state index in [9.17, 15) is 8.78 Å². The number of amidine groups is 1. The van der Waals surface area contributed by atoms with E-state index in [0.717, 1.165) is 6.07 Å². The van der Waals surface area contributed by atoms with Crippen LogP contribution in [0.4, 0.5) is 8.78 Å². The summed E-state index contributed by atoms with van der Waals surface area (Å²) in [5.41, 5.74) is 2.85. The highest BCUT2D eigenvalue weighted by molar-refractivity contribution is 5.98. The van der Waals surface area contributed by atoms with Crippen molar-refractivity contribution in [2.24, 2.45) is 10.8 Å². The second kappa shape index (κ2) is 5.03. The molecule has 0 atom stereocenters. The quantitative estimate of drug-likeness (QED) is 0.351. The molecule has 0 aliphatic carbocycles. The van der Waals surface area contributed by atoms with Crippen LogP contribution in [0.15, 0.2) is 17.1 Å². The number of hydrogen-bond acceptors (Lipinski definition) is 2. The van der Waals surface area contributed by atoms with Crippen molar-refractivity contribution >= 4 is 5.84 Å². The van der Waals surface area contributed by atoms with Crippen LogP contribution >= 0.6 is 0 Å². The number of aliphatic imine (C=N–C) groups is 1. The Kier molecular flexibility index (Phi) is 3.95. The summed E-state index contributed by atoms with van der Waals surface area (Å²) in [6.45, 7) is 5.24. The van der Waals surface area contributed by atoms with Gasteiger partial charge in [-0.2, -0.15) is 0 Å². The number of hydrazine groups is 1. The lowest BCUT2D eigenvalue weighted by atomic mass is 10.1. The largest absolute Gasteiger partial charge is 0.308 e. The highest BCUT2D eigenvalue weighted by Crippen LogP contribution is 2.14. The van der Waals surface area contributed by atoms with Crippen LogP contribution in [0.25, 0.3) is 0 Å². The Balaban J connectivity index is 3.26. The lowest BCUT2D eigenvalue weighted by molar-refractivity contribution is 0.575. The third-order valence-electron chi connectivity index (χ3n) is 2.03. The van der Waals surface area contributed by atoms with E-state index in [1.54, 1.807) is 6.92 Å². The molecule has 0 aromatic heterocycles. The molecule has 0 fully saturated rings. The Morgan fingerprint density at radius 1 is 1.31 bits per heavy atom. The summed E-state index contributed by atoms with van der Waals surface area (Å²) in [4.78, 5) is 4.12. The van der Waals surface area contributed by atoms with Gasteiger partial charge in [0.1, 0.15) is 17.5 Å². The molecule has 1 rings (SSSR count). The zero-order chi connectivity index (χ0) is 12.3. The molecule has 1 aromatic carbocycles. The van der Waals surface area contributed by atoms with Gasteiger partial charge in [0.2, 0.25) is 0 Å². The van der Waals surface area contributed by atoms with Crippen LogP contribution in [-0.2, 0) is 0 Å². The minimum atomic E-state index is -0.680. The summed E-state index contributed by atoms with van der Waals surface area (Å²) < 4.78 is 26.6. The van der Waals surface area contributed by atoms with E-state index in [2.05, 4.69) is 10.4 Å². The summed E-state index contributed by atoms with van der Waals surface area (Å²) in [5.74, 6) is 4.23. The number of halogens is 2. The first-order valence-electron chi connectivity index (χ1n) is 4.96. The van der Waals surface area contributed by atoms with Gasteiger partial charge < -0.3 is 5.43 Å². The molecule has 0 amide bonds. The molecular formula is C11H15F2N3. The number of nitrogens with zero attached hydrogens (tertiary/aromatic N) is 1. The third-order valence-corrected chi connectivity index (χ3v) is 2.03. The zero-order valence-corrected chi connectivity index (χ0v) is 9.51. The molecule has 0 bridgehead atoms. The number of rotatable bonds is 2. The minimum Gasteiger partial charge on any atom is -0.308 e. The second-order valence-electron chi connectivity index (χ2n) is 3.80. The van der Waals surface area contributed by atoms with E-state index in [1.807, 2.05) is 13.8 Å². The van der Waals surface area contributed by atoms with Crippen molar-refractivity contribution in [1.29, 1.82) is 0 Å². The summed E-state index contributed by atoms with van der Waals surface area (Å²) >= 11 is 0. The number of aryl methyl sites for hydroxylation is 1. The smallest absolute Gasteiger partial charge is 0.145 e. The van der Waals surface area contributed by atoms with Gasteiger partial charge in [0.15, 0.2) is 0 Å². The molecule has 3 nitrogen and oxygen atoms in total. The molecule has 0 unspecified atom stereocenters. The molecule has 0 aliphatic heterocycles. The number of benzene rings is 1. The Hall–Kier alpha value is -1.49. The minimum absolute atomic E-state index is 0.0317. The first-order chi connectivity index (χ1) is 7.45. The maximum Gasteiger partial charge on any atom is 0.145 e. The lowest BCUT2D eigenvalue weighted by Gasteiger charge is -2.10. The van der Waals surface area contributed by atoms with Gasteiger partial charge in [0.25, 0.3) is 0 Å². The first kappa shape index (κ1) is 12.6. The fourth-order valence-corrected chi connectivity index (χ4v) is 1.28. The van der Waals surface area contributed by atoms with Crippen molar-refractivity contribution in [3.05, 3.63) is 34.9 Å². The van der Waals surface area contributed by atoms with E-state index in [4.69, 9.17) is 5.84 Å². The Morgan fingerprint density at radius 2 is 1.94 bits per heavy atom. The molecule has 3 N–H and O–H groups in total. The standard InChI is InChI=1S/C11H15F2N3/c1-6(2)15-11(16-14)8-4-7(3)9(12)5-10(8)13/h4-6H,14H2,1-3H3,(H,15,16). The van der Waals surface area contributed by atoms with Gasteiger partial charge in [0.05, 0.1) is 5.56 Å². The molecule has 88 valence electrons. The van der Waals surface area contributed by atoms with Crippen LogP contribution in [0.1, 0.15) is 25.0 Å². The molecule has 16 heavy (non-hydrogen) atoms. The molecule has 1 aromatic rings. The van der Waals surface area contributed by atoms with Crippen LogP contribution in [0.5, 0.6) is 0 Å². The molecule has 0 radical (unpaired) electrons. The lowest BCUT2D eigenvalue weighted by Crippen LogP contribution is -2.32. The molecule has 0 heterocycles.